The van der Waals surface area contributed by atoms with Crippen LogP contribution < -0.4 is 4.90 Å². The fourth-order valence-corrected chi connectivity index (χ4v) is 12.0. The van der Waals surface area contributed by atoms with Gasteiger partial charge in [0.15, 0.2) is 0 Å². The first-order chi connectivity index (χ1) is 29.4. The summed E-state index contributed by atoms with van der Waals surface area (Å²) in [5.74, 6) is 0.797. The summed E-state index contributed by atoms with van der Waals surface area (Å²) in [6.45, 7) is 7.13. The van der Waals surface area contributed by atoms with Crippen molar-refractivity contribution in [2.24, 2.45) is 5.92 Å². The summed E-state index contributed by atoms with van der Waals surface area (Å²) in [5, 5.41) is 2.66. The zero-order chi connectivity index (χ0) is 40.1. The fraction of sp³-hybridized carbons (Fsp3) is 0.138. The monoisotopic (exact) mass is 787 g/mol. The lowest BCUT2D eigenvalue weighted by Crippen LogP contribution is -2.25. The molecule has 0 saturated heterocycles. The van der Waals surface area contributed by atoms with Crippen LogP contribution in [0.3, 0.4) is 0 Å². The number of thiophene rings is 1. The molecule has 0 amide bonds. The molecule has 60 heavy (non-hydrogen) atoms. The highest BCUT2D eigenvalue weighted by Crippen LogP contribution is 2.53. The normalized spacial score (nSPS) is 18.3. The summed E-state index contributed by atoms with van der Waals surface area (Å²) in [4.78, 5) is 2.53. The zero-order valence-corrected chi connectivity index (χ0v) is 35.1. The first-order valence-corrected chi connectivity index (χ1v) is 22.3. The molecule has 4 aliphatic rings. The first kappa shape index (κ1) is 35.5. The van der Waals surface area contributed by atoms with E-state index in [1.807, 2.05) is 11.3 Å². The van der Waals surface area contributed by atoms with Crippen molar-refractivity contribution in [2.75, 3.05) is 4.90 Å². The zero-order valence-electron chi connectivity index (χ0n) is 34.2. The van der Waals surface area contributed by atoms with Crippen LogP contribution >= 0.6 is 11.3 Å². The van der Waals surface area contributed by atoms with Gasteiger partial charge in [0.25, 0.3) is 0 Å². The molecule has 0 N–H and O–H groups in total. The minimum atomic E-state index is -0.0369. The predicted octanol–water partition coefficient (Wildman–Crippen LogP) is 16.2. The van der Waals surface area contributed by atoms with Gasteiger partial charge >= 0.3 is 0 Å². The average Bonchev–Trinajstić information content (AvgIpc) is 3.78. The third kappa shape index (κ3) is 5.44. The minimum Gasteiger partial charge on any atom is -0.314 e. The Bertz CT molecular complexity index is 3200. The molecule has 0 fully saturated rings. The van der Waals surface area contributed by atoms with E-state index < -0.39 is 0 Å². The minimum absolute atomic E-state index is 0.0369. The van der Waals surface area contributed by atoms with Crippen LogP contribution in [0, 0.1) is 5.92 Å². The predicted molar refractivity (Wildman–Crippen MR) is 256 cm³/mol. The number of fused-ring (bicyclic) bond motifs is 11. The lowest BCUT2D eigenvalue weighted by molar-refractivity contribution is 0.650. The van der Waals surface area contributed by atoms with Crippen molar-refractivity contribution in [3.8, 4) is 33.4 Å². The Morgan fingerprint density at radius 2 is 1.28 bits per heavy atom. The third-order valence-corrected chi connectivity index (χ3v) is 15.0. The van der Waals surface area contributed by atoms with E-state index in [1.54, 1.807) is 0 Å². The van der Waals surface area contributed by atoms with Crippen molar-refractivity contribution in [1.29, 1.82) is 0 Å². The summed E-state index contributed by atoms with van der Waals surface area (Å²) >= 11 is 1.87. The Morgan fingerprint density at radius 3 is 2.18 bits per heavy atom. The van der Waals surface area contributed by atoms with Crippen molar-refractivity contribution in [2.45, 2.75) is 44.9 Å². The number of benzene rings is 7. The quantitative estimate of drug-likeness (QED) is 0.168. The summed E-state index contributed by atoms with van der Waals surface area (Å²) in [7, 11) is 0. The molecule has 12 rings (SSSR count). The highest BCUT2D eigenvalue weighted by Gasteiger charge is 2.37. The molecular weight excluding hydrogens is 743 g/mol. The Hall–Kier alpha value is -6.48. The van der Waals surface area contributed by atoms with Crippen LogP contribution in [-0.4, -0.2) is 0 Å². The van der Waals surface area contributed by atoms with Crippen LogP contribution in [0.15, 0.2) is 199 Å². The second-order valence-corrected chi connectivity index (χ2v) is 18.7. The molecule has 288 valence electrons. The molecule has 1 unspecified atom stereocenters. The van der Waals surface area contributed by atoms with E-state index in [0.29, 0.717) is 11.8 Å². The second kappa shape index (κ2) is 13.5. The number of hydrogen-bond acceptors (Lipinski definition) is 2. The smallest absolute Gasteiger partial charge is 0.0464 e. The van der Waals surface area contributed by atoms with E-state index in [1.165, 1.54) is 110 Å². The molecule has 1 nitrogen and oxygen atoms in total. The van der Waals surface area contributed by atoms with Gasteiger partial charge in [-0.25, -0.2) is 0 Å². The van der Waals surface area contributed by atoms with Crippen LogP contribution in [0.1, 0.15) is 61.8 Å². The molecule has 2 atom stereocenters. The number of rotatable bonds is 5. The molecular formula is C58H45NS. The van der Waals surface area contributed by atoms with Crippen molar-refractivity contribution >= 4 is 48.5 Å². The van der Waals surface area contributed by atoms with Crippen molar-refractivity contribution in [3.63, 3.8) is 0 Å². The molecule has 0 aliphatic heterocycles. The Balaban J connectivity index is 0.975. The van der Waals surface area contributed by atoms with Gasteiger partial charge in [0.2, 0.25) is 0 Å². The van der Waals surface area contributed by atoms with Gasteiger partial charge in [-0.3, -0.25) is 0 Å². The molecule has 1 heterocycles. The van der Waals surface area contributed by atoms with Crippen LogP contribution in [0.4, 0.5) is 11.4 Å². The van der Waals surface area contributed by atoms with Crippen molar-refractivity contribution in [1.82, 2.24) is 0 Å². The maximum atomic E-state index is 2.53. The van der Waals surface area contributed by atoms with Crippen LogP contribution in [0.25, 0.3) is 59.1 Å². The summed E-state index contributed by atoms with van der Waals surface area (Å²) in [5.41, 5.74) is 21.4. The average molecular weight is 788 g/mol. The van der Waals surface area contributed by atoms with Crippen LogP contribution in [-0.2, 0) is 5.41 Å². The molecule has 8 aromatic rings. The second-order valence-electron chi connectivity index (χ2n) is 17.7. The van der Waals surface area contributed by atoms with E-state index in [0.717, 1.165) is 12.8 Å². The first-order valence-electron chi connectivity index (χ1n) is 21.5. The van der Waals surface area contributed by atoms with Gasteiger partial charge in [-0.05, 0) is 146 Å². The highest BCUT2D eigenvalue weighted by molar-refractivity contribution is 7.25. The number of hydrogen-bond donors (Lipinski definition) is 0. The number of allylic oxidation sites excluding steroid dienone is 8. The van der Waals surface area contributed by atoms with Gasteiger partial charge in [-0.2, -0.15) is 0 Å². The van der Waals surface area contributed by atoms with E-state index in [4.69, 9.17) is 0 Å². The molecule has 7 aromatic carbocycles. The summed E-state index contributed by atoms with van der Waals surface area (Å²) < 4.78 is 2.67. The lowest BCUT2D eigenvalue weighted by Gasteiger charge is -2.40. The van der Waals surface area contributed by atoms with Gasteiger partial charge in [-0.1, -0.05) is 148 Å². The molecule has 0 spiro atoms. The number of anilines is 2. The topological polar surface area (TPSA) is 3.24 Å². The third-order valence-electron chi connectivity index (χ3n) is 13.9. The molecule has 0 saturated carbocycles. The van der Waals surface area contributed by atoms with E-state index in [2.05, 4.69) is 208 Å². The van der Waals surface area contributed by atoms with Gasteiger partial charge in [0.1, 0.15) is 0 Å². The standard InChI is InChI=1S/C58H45NS/c1-36-12-10-19-49-44-15-4-5-16-45(44)51-35-43(28-30-50(51)57(36)49)59(42-14-11-13-38(32-42)39-25-31-56-52(33-39)48-18-7-9-21-55(48)60-56)41-26-22-37(23-27-41)40-24-29-47-46-17-6-8-20-53(46)58(2,3)54(47)34-40/h4-11,13-34,36,51H,12,35H2,1-3H3/t36-,51?/m1/s1. The SMILES string of the molecule is C[C@@H]1CC=CC2=C1C1=CC=C(N(c3ccc(-c4ccc5c(c4)C(C)(C)c4ccccc4-5)cc3)c3cccc(-c4ccc5sc6ccccc6c5c4)c3)CC1c1ccccc12. The highest BCUT2D eigenvalue weighted by atomic mass is 32.1. The van der Waals surface area contributed by atoms with Crippen LogP contribution in [0.2, 0.25) is 0 Å². The maximum Gasteiger partial charge on any atom is 0.0464 e. The fourth-order valence-electron chi connectivity index (χ4n) is 10.9. The molecule has 1 aromatic heterocycles. The largest absolute Gasteiger partial charge is 0.314 e. The van der Waals surface area contributed by atoms with E-state index >= 15 is 0 Å². The molecule has 2 heteroatoms. The van der Waals surface area contributed by atoms with Crippen LogP contribution in [0.5, 0.6) is 0 Å². The molecule has 4 aliphatic carbocycles. The van der Waals surface area contributed by atoms with Gasteiger partial charge in [0, 0.05) is 48.6 Å². The Morgan fingerprint density at radius 1 is 0.567 bits per heavy atom. The number of nitrogens with zero attached hydrogens (tertiary/aromatic N) is 1. The Kier molecular flexibility index (Phi) is 7.99. The van der Waals surface area contributed by atoms with Crippen molar-refractivity contribution in [3.05, 3.63) is 221 Å². The molecule has 0 radical (unpaired) electrons. The van der Waals surface area contributed by atoms with Crippen molar-refractivity contribution < 1.29 is 0 Å². The maximum absolute atomic E-state index is 2.53. The van der Waals surface area contributed by atoms with Gasteiger partial charge in [0.05, 0.1) is 0 Å². The molecule has 0 bridgehead atoms. The van der Waals surface area contributed by atoms with Gasteiger partial charge in [-0.15, -0.1) is 11.3 Å². The summed E-state index contributed by atoms with van der Waals surface area (Å²) in [6.07, 6.45) is 11.6. The Labute approximate surface area is 357 Å². The van der Waals surface area contributed by atoms with E-state index in [9.17, 15) is 0 Å². The van der Waals surface area contributed by atoms with Gasteiger partial charge < -0.3 is 4.90 Å². The van der Waals surface area contributed by atoms with E-state index in [-0.39, 0.29) is 5.41 Å². The lowest BCUT2D eigenvalue weighted by atomic mass is 9.67. The summed E-state index contributed by atoms with van der Waals surface area (Å²) in [6, 6.07) is 59.4.